The number of hydrogen-bond donors (Lipinski definition) is 2. The van der Waals surface area contributed by atoms with Gasteiger partial charge in [-0.1, -0.05) is 53.6 Å². The van der Waals surface area contributed by atoms with Crippen LogP contribution < -0.4 is 10.6 Å². The molecule has 0 saturated heterocycles. The maximum atomic E-state index is 5.90. The molecule has 0 amide bonds. The van der Waals surface area contributed by atoms with Crippen LogP contribution in [0, 0.1) is 6.92 Å². The highest BCUT2D eigenvalue weighted by Crippen LogP contribution is 2.24. The lowest BCUT2D eigenvalue weighted by Gasteiger charge is -2.19. The first-order valence-electron chi connectivity index (χ1n) is 8.68. The van der Waals surface area contributed by atoms with Crippen LogP contribution in [0.5, 0.6) is 0 Å². The molecule has 0 bridgehead atoms. The van der Waals surface area contributed by atoms with Gasteiger partial charge in [-0.15, -0.1) is 0 Å². The molecule has 1 heterocycles. The summed E-state index contributed by atoms with van der Waals surface area (Å²) in [4.78, 5) is 8.29. The Kier molecular flexibility index (Phi) is 5.74. The monoisotopic (exact) mass is 366 g/mol. The second kappa shape index (κ2) is 8.19. The van der Waals surface area contributed by atoms with Gasteiger partial charge in [0, 0.05) is 11.7 Å². The van der Waals surface area contributed by atoms with E-state index in [1.807, 2.05) is 0 Å². The van der Waals surface area contributed by atoms with E-state index in [1.165, 1.54) is 17.3 Å². The lowest BCUT2D eigenvalue weighted by molar-refractivity contribution is 0.862. The minimum absolute atomic E-state index is 0.0822. The van der Waals surface area contributed by atoms with Crippen molar-refractivity contribution in [3.8, 4) is 0 Å². The molecule has 0 radical (unpaired) electrons. The molecule has 2 aromatic carbocycles. The Labute approximate surface area is 159 Å². The van der Waals surface area contributed by atoms with Crippen molar-refractivity contribution >= 4 is 23.1 Å². The van der Waals surface area contributed by atoms with Crippen LogP contribution in [0.25, 0.3) is 0 Å². The van der Waals surface area contributed by atoms with E-state index in [-0.39, 0.29) is 12.1 Å². The van der Waals surface area contributed by atoms with Crippen molar-refractivity contribution < 1.29 is 0 Å². The highest BCUT2D eigenvalue weighted by atomic mass is 35.5. The Balaban J connectivity index is 1.71. The fourth-order valence-corrected chi connectivity index (χ4v) is 3.03. The van der Waals surface area contributed by atoms with Crippen LogP contribution >= 0.6 is 11.6 Å². The van der Waals surface area contributed by atoms with Crippen molar-refractivity contribution in [3.63, 3.8) is 0 Å². The van der Waals surface area contributed by atoms with E-state index in [2.05, 4.69) is 89.9 Å². The molecule has 4 nitrogen and oxygen atoms in total. The lowest BCUT2D eigenvalue weighted by Crippen LogP contribution is -2.10. The van der Waals surface area contributed by atoms with Gasteiger partial charge in [0.2, 0.25) is 0 Å². The number of nitrogens with one attached hydrogen (secondary N) is 2. The van der Waals surface area contributed by atoms with Crippen molar-refractivity contribution in [1.82, 2.24) is 9.97 Å². The molecule has 0 saturated carbocycles. The first kappa shape index (κ1) is 18.2. The van der Waals surface area contributed by atoms with Crippen molar-refractivity contribution in [1.29, 1.82) is 0 Å². The zero-order valence-corrected chi connectivity index (χ0v) is 16.0. The first-order chi connectivity index (χ1) is 12.5. The van der Waals surface area contributed by atoms with Crippen molar-refractivity contribution in [2.24, 2.45) is 0 Å². The largest absolute Gasteiger partial charge is 0.379 e. The molecule has 26 heavy (non-hydrogen) atoms. The van der Waals surface area contributed by atoms with Gasteiger partial charge in [0.1, 0.15) is 11.0 Å². The standard InChI is InChI=1S/C21H23ClN4/c1-14-6-4-7-17(10-14)15(2)24-19-9-5-8-18(11-19)16(3)25-21-13-23-12-20(22)26-21/h4-13,15-16,24H,1-3H3,(H,25,26)/t15?,16-/m0/s1. The summed E-state index contributed by atoms with van der Waals surface area (Å²) < 4.78 is 0. The summed E-state index contributed by atoms with van der Waals surface area (Å²) in [5.74, 6) is 0.663. The molecule has 0 fully saturated rings. The number of hydrogen-bond acceptors (Lipinski definition) is 4. The van der Waals surface area contributed by atoms with Gasteiger partial charge in [-0.2, -0.15) is 0 Å². The summed E-state index contributed by atoms with van der Waals surface area (Å²) in [7, 11) is 0. The predicted molar refractivity (Wildman–Crippen MR) is 109 cm³/mol. The number of benzene rings is 2. The number of nitrogens with zero attached hydrogens (tertiary/aromatic N) is 2. The molecule has 0 aliphatic rings. The summed E-state index contributed by atoms with van der Waals surface area (Å²) in [5, 5.41) is 7.29. The second-order valence-corrected chi connectivity index (χ2v) is 6.89. The summed E-state index contributed by atoms with van der Waals surface area (Å²) in [6, 6.07) is 17.3. The van der Waals surface area contributed by atoms with Crippen LogP contribution in [0.2, 0.25) is 5.15 Å². The Morgan fingerprint density at radius 1 is 0.885 bits per heavy atom. The summed E-state index contributed by atoms with van der Waals surface area (Å²) in [6.45, 7) is 6.37. The zero-order valence-electron chi connectivity index (χ0n) is 15.2. The highest BCUT2D eigenvalue weighted by Gasteiger charge is 2.10. The topological polar surface area (TPSA) is 49.8 Å². The summed E-state index contributed by atoms with van der Waals surface area (Å²) in [6.07, 6.45) is 3.19. The molecular formula is C21H23ClN4. The van der Waals surface area contributed by atoms with E-state index in [1.54, 1.807) is 6.20 Å². The van der Waals surface area contributed by atoms with E-state index in [0.29, 0.717) is 11.0 Å². The first-order valence-corrected chi connectivity index (χ1v) is 9.06. The van der Waals surface area contributed by atoms with Crippen LogP contribution in [-0.2, 0) is 0 Å². The third-order valence-electron chi connectivity index (χ3n) is 4.28. The van der Waals surface area contributed by atoms with Gasteiger partial charge < -0.3 is 10.6 Å². The zero-order chi connectivity index (χ0) is 18.5. The van der Waals surface area contributed by atoms with Gasteiger partial charge >= 0.3 is 0 Å². The van der Waals surface area contributed by atoms with Gasteiger partial charge in [-0.05, 0) is 44.0 Å². The van der Waals surface area contributed by atoms with E-state index >= 15 is 0 Å². The Morgan fingerprint density at radius 2 is 1.58 bits per heavy atom. The average molecular weight is 367 g/mol. The number of aryl methyl sites for hydroxylation is 1. The van der Waals surface area contributed by atoms with Gasteiger partial charge in [-0.25, -0.2) is 4.98 Å². The van der Waals surface area contributed by atoms with E-state index in [0.717, 1.165) is 11.3 Å². The van der Waals surface area contributed by atoms with E-state index < -0.39 is 0 Å². The number of anilines is 2. The van der Waals surface area contributed by atoms with Crippen molar-refractivity contribution in [3.05, 3.63) is 82.8 Å². The molecule has 1 unspecified atom stereocenters. The van der Waals surface area contributed by atoms with Crippen LogP contribution in [0.3, 0.4) is 0 Å². The molecule has 0 aliphatic heterocycles. The van der Waals surface area contributed by atoms with Crippen LogP contribution in [-0.4, -0.2) is 9.97 Å². The summed E-state index contributed by atoms with van der Waals surface area (Å²) in [5.41, 5.74) is 4.79. The number of rotatable bonds is 6. The Bertz CT molecular complexity index is 881. The molecule has 5 heteroatoms. The van der Waals surface area contributed by atoms with Crippen LogP contribution in [0.4, 0.5) is 11.5 Å². The molecule has 0 spiro atoms. The SMILES string of the molecule is Cc1cccc(C(C)Nc2cccc([C@H](C)Nc3cncc(Cl)n3)c2)c1. The van der Waals surface area contributed by atoms with Gasteiger partial charge in [-0.3, -0.25) is 4.98 Å². The predicted octanol–water partition coefficient (Wildman–Crippen LogP) is 5.78. The highest BCUT2D eigenvalue weighted by molar-refractivity contribution is 6.29. The second-order valence-electron chi connectivity index (χ2n) is 6.50. The van der Waals surface area contributed by atoms with E-state index in [9.17, 15) is 0 Å². The molecule has 0 aliphatic carbocycles. The third-order valence-corrected chi connectivity index (χ3v) is 4.46. The fraction of sp³-hybridized carbons (Fsp3) is 0.238. The number of aromatic nitrogens is 2. The quantitative estimate of drug-likeness (QED) is 0.580. The van der Waals surface area contributed by atoms with Gasteiger partial charge in [0.15, 0.2) is 0 Å². The molecule has 134 valence electrons. The fourth-order valence-electron chi connectivity index (χ4n) is 2.89. The third kappa shape index (κ3) is 4.73. The molecule has 3 rings (SSSR count). The number of halogens is 1. The van der Waals surface area contributed by atoms with Gasteiger partial charge in [0.05, 0.1) is 18.4 Å². The molecular weight excluding hydrogens is 344 g/mol. The summed E-state index contributed by atoms with van der Waals surface area (Å²) >= 11 is 5.90. The smallest absolute Gasteiger partial charge is 0.149 e. The van der Waals surface area contributed by atoms with Gasteiger partial charge in [0.25, 0.3) is 0 Å². The molecule has 1 aromatic heterocycles. The van der Waals surface area contributed by atoms with Crippen molar-refractivity contribution in [2.45, 2.75) is 32.9 Å². The lowest BCUT2D eigenvalue weighted by atomic mass is 10.0. The van der Waals surface area contributed by atoms with Crippen LogP contribution in [0.1, 0.15) is 42.6 Å². The Hall–Kier alpha value is -2.59. The minimum atomic E-state index is 0.0822. The Morgan fingerprint density at radius 3 is 2.31 bits per heavy atom. The molecule has 2 N–H and O–H groups in total. The van der Waals surface area contributed by atoms with E-state index in [4.69, 9.17) is 11.6 Å². The maximum absolute atomic E-state index is 5.90. The maximum Gasteiger partial charge on any atom is 0.149 e. The normalized spacial score (nSPS) is 13.1. The minimum Gasteiger partial charge on any atom is -0.379 e. The van der Waals surface area contributed by atoms with Crippen LogP contribution in [0.15, 0.2) is 60.9 Å². The average Bonchev–Trinajstić information content (AvgIpc) is 2.62. The molecule has 3 aromatic rings. The molecule has 2 atom stereocenters. The van der Waals surface area contributed by atoms with Crippen molar-refractivity contribution in [2.75, 3.05) is 10.6 Å².